The highest BCUT2D eigenvalue weighted by Crippen LogP contribution is 2.46. The first-order valence-corrected chi connectivity index (χ1v) is 10.1. The van der Waals surface area contributed by atoms with E-state index in [2.05, 4.69) is 21.9 Å². The Morgan fingerprint density at radius 3 is 2.62 bits per heavy atom. The van der Waals surface area contributed by atoms with Gasteiger partial charge in [-0.1, -0.05) is 32.6 Å². The van der Waals surface area contributed by atoms with E-state index in [0.29, 0.717) is 17.6 Å². The van der Waals surface area contributed by atoms with Crippen LogP contribution in [0.15, 0.2) is 12.7 Å². The molecular weight excluding hydrogens is 378 g/mol. The molecule has 0 amide bonds. The standard InChI is InChI=1S/C19H31N5O5/c1-3-4-5-6-7-12(11(2)26)19(16(28)15(27)13(8-25)29-19)24-10-23-14-17(20)21-9-22-18(14)24/h9-13,15-16,25-28H,3-8H2,1-2H3,(H2,20,21,22)/t11?,12?,13-,15-,16-,19-/m1/s1. The molecule has 3 rings (SSSR count). The number of rotatable bonds is 9. The van der Waals surface area contributed by atoms with Crippen LogP contribution >= 0.6 is 0 Å². The summed E-state index contributed by atoms with van der Waals surface area (Å²) in [6.07, 6.45) is 2.51. The van der Waals surface area contributed by atoms with E-state index in [1.165, 1.54) is 17.2 Å². The summed E-state index contributed by atoms with van der Waals surface area (Å²) in [6, 6.07) is 0. The zero-order valence-electron chi connectivity index (χ0n) is 16.8. The highest BCUT2D eigenvalue weighted by molar-refractivity contribution is 5.81. The fourth-order valence-corrected chi connectivity index (χ4v) is 4.35. The average molecular weight is 409 g/mol. The van der Waals surface area contributed by atoms with Crippen molar-refractivity contribution in [3.8, 4) is 0 Å². The van der Waals surface area contributed by atoms with Crippen molar-refractivity contribution in [2.45, 2.75) is 76.1 Å². The first kappa shape index (κ1) is 21.8. The van der Waals surface area contributed by atoms with Gasteiger partial charge in [0.15, 0.2) is 17.2 Å². The third-order valence-corrected chi connectivity index (χ3v) is 5.87. The van der Waals surface area contributed by atoms with Gasteiger partial charge in [-0.2, -0.15) is 0 Å². The van der Waals surface area contributed by atoms with Gasteiger partial charge in [-0.15, -0.1) is 0 Å². The molecule has 10 heteroatoms. The van der Waals surface area contributed by atoms with Crippen LogP contribution in [0.2, 0.25) is 0 Å². The number of nitrogens with two attached hydrogens (primary N) is 1. The summed E-state index contributed by atoms with van der Waals surface area (Å²) >= 11 is 0. The van der Waals surface area contributed by atoms with Crippen molar-refractivity contribution in [3.05, 3.63) is 12.7 Å². The number of unbranched alkanes of at least 4 members (excludes halogenated alkanes) is 3. The normalized spacial score (nSPS) is 29.4. The molecule has 162 valence electrons. The first-order valence-electron chi connectivity index (χ1n) is 10.1. The van der Waals surface area contributed by atoms with Crippen LogP contribution in [-0.4, -0.2) is 71.0 Å². The van der Waals surface area contributed by atoms with Crippen LogP contribution in [-0.2, 0) is 10.5 Å². The maximum atomic E-state index is 11.1. The van der Waals surface area contributed by atoms with Gasteiger partial charge in [0.25, 0.3) is 0 Å². The lowest BCUT2D eigenvalue weighted by molar-refractivity contribution is -0.202. The monoisotopic (exact) mass is 409 g/mol. The van der Waals surface area contributed by atoms with Crippen LogP contribution in [0.4, 0.5) is 5.82 Å². The number of aromatic nitrogens is 4. The Morgan fingerprint density at radius 2 is 2.00 bits per heavy atom. The van der Waals surface area contributed by atoms with E-state index in [1.807, 2.05) is 0 Å². The van der Waals surface area contributed by atoms with E-state index in [4.69, 9.17) is 10.5 Å². The molecule has 10 nitrogen and oxygen atoms in total. The molecule has 29 heavy (non-hydrogen) atoms. The highest BCUT2D eigenvalue weighted by Gasteiger charge is 2.60. The van der Waals surface area contributed by atoms with Gasteiger partial charge >= 0.3 is 0 Å². The Labute approximate surface area is 169 Å². The van der Waals surface area contributed by atoms with E-state index in [1.54, 1.807) is 6.92 Å². The minimum atomic E-state index is -1.57. The summed E-state index contributed by atoms with van der Waals surface area (Å²) in [4.78, 5) is 12.4. The molecule has 1 aliphatic rings. The number of nitrogen functional groups attached to an aromatic ring is 1. The Balaban J connectivity index is 2.12. The SMILES string of the molecule is CCCCCCC(C(C)O)[C@@]1(n2cnc3c(N)ncnc32)O[C@H](CO)[C@@H](O)[C@H]1O. The van der Waals surface area contributed by atoms with Gasteiger partial charge in [0.1, 0.15) is 30.2 Å². The molecule has 0 aromatic carbocycles. The molecule has 3 heterocycles. The van der Waals surface area contributed by atoms with Gasteiger partial charge in [0.2, 0.25) is 0 Å². The van der Waals surface area contributed by atoms with Gasteiger partial charge in [0, 0.05) is 5.92 Å². The van der Waals surface area contributed by atoms with Crippen molar-refractivity contribution in [2.75, 3.05) is 12.3 Å². The second-order valence-electron chi connectivity index (χ2n) is 7.77. The van der Waals surface area contributed by atoms with Crippen LogP contribution in [0.25, 0.3) is 11.2 Å². The molecule has 1 fully saturated rings. The molecular formula is C19H31N5O5. The van der Waals surface area contributed by atoms with E-state index in [0.717, 1.165) is 25.7 Å². The molecule has 2 aromatic rings. The summed E-state index contributed by atoms with van der Waals surface area (Å²) in [5, 5.41) is 42.0. The van der Waals surface area contributed by atoms with Gasteiger partial charge in [-0.3, -0.25) is 4.57 Å². The van der Waals surface area contributed by atoms with Crippen LogP contribution in [0.1, 0.15) is 46.0 Å². The molecule has 0 bridgehead atoms. The number of fused-ring (bicyclic) bond motifs is 1. The maximum Gasteiger partial charge on any atom is 0.181 e. The summed E-state index contributed by atoms with van der Waals surface area (Å²) < 4.78 is 7.62. The van der Waals surface area contributed by atoms with E-state index < -0.39 is 42.7 Å². The number of anilines is 1. The maximum absolute atomic E-state index is 11.1. The van der Waals surface area contributed by atoms with Crippen LogP contribution < -0.4 is 5.73 Å². The van der Waals surface area contributed by atoms with Crippen molar-refractivity contribution in [2.24, 2.45) is 5.92 Å². The van der Waals surface area contributed by atoms with Crippen molar-refractivity contribution in [1.82, 2.24) is 19.5 Å². The predicted octanol–water partition coefficient (Wildman–Crippen LogP) is 0.142. The largest absolute Gasteiger partial charge is 0.394 e. The minimum absolute atomic E-state index is 0.173. The molecule has 2 unspecified atom stereocenters. The molecule has 6 atom stereocenters. The Kier molecular flexibility index (Phi) is 6.69. The molecule has 1 aliphatic heterocycles. The van der Waals surface area contributed by atoms with E-state index in [-0.39, 0.29) is 5.82 Å². The summed E-state index contributed by atoms with van der Waals surface area (Å²) in [5.41, 5.74) is 4.99. The number of nitrogens with zero attached hydrogens (tertiary/aromatic N) is 4. The molecule has 0 spiro atoms. The molecule has 6 N–H and O–H groups in total. The topological polar surface area (TPSA) is 160 Å². The first-order chi connectivity index (χ1) is 13.9. The second kappa shape index (κ2) is 8.88. The number of imidazole rings is 1. The quantitative estimate of drug-likeness (QED) is 0.363. The zero-order chi connectivity index (χ0) is 21.2. The number of aliphatic hydroxyl groups is 4. The van der Waals surface area contributed by atoms with Crippen LogP contribution in [0.3, 0.4) is 0 Å². The van der Waals surface area contributed by atoms with E-state index in [9.17, 15) is 20.4 Å². The lowest BCUT2D eigenvalue weighted by Gasteiger charge is -2.42. The molecule has 2 aromatic heterocycles. The minimum Gasteiger partial charge on any atom is -0.394 e. The van der Waals surface area contributed by atoms with Gasteiger partial charge in [-0.25, -0.2) is 15.0 Å². The van der Waals surface area contributed by atoms with Gasteiger partial charge in [-0.05, 0) is 13.3 Å². The molecule has 0 saturated carbocycles. The van der Waals surface area contributed by atoms with Crippen molar-refractivity contribution >= 4 is 17.0 Å². The lowest BCUT2D eigenvalue weighted by atomic mass is 9.81. The van der Waals surface area contributed by atoms with Crippen molar-refractivity contribution in [1.29, 1.82) is 0 Å². The number of ether oxygens (including phenoxy) is 1. The second-order valence-corrected chi connectivity index (χ2v) is 7.77. The summed E-state index contributed by atoms with van der Waals surface area (Å²) in [5.74, 6) is -0.415. The number of hydrogen-bond donors (Lipinski definition) is 5. The van der Waals surface area contributed by atoms with Crippen LogP contribution in [0, 0.1) is 5.92 Å². The van der Waals surface area contributed by atoms with E-state index >= 15 is 0 Å². The van der Waals surface area contributed by atoms with Gasteiger partial charge in [0.05, 0.1) is 19.0 Å². The molecule has 0 aliphatic carbocycles. The van der Waals surface area contributed by atoms with Crippen molar-refractivity contribution < 1.29 is 25.2 Å². The highest BCUT2D eigenvalue weighted by atomic mass is 16.6. The Bertz CT molecular complexity index is 815. The molecule has 1 saturated heterocycles. The fourth-order valence-electron chi connectivity index (χ4n) is 4.35. The lowest BCUT2D eigenvalue weighted by Crippen LogP contribution is -2.54. The number of hydrogen-bond acceptors (Lipinski definition) is 9. The van der Waals surface area contributed by atoms with Crippen LogP contribution in [0.5, 0.6) is 0 Å². The third kappa shape index (κ3) is 3.71. The Hall–Kier alpha value is -1.85. The van der Waals surface area contributed by atoms with Crippen molar-refractivity contribution in [3.63, 3.8) is 0 Å². The molecule has 0 radical (unpaired) electrons. The summed E-state index contributed by atoms with van der Waals surface area (Å²) in [6.45, 7) is 3.26. The number of aliphatic hydroxyl groups excluding tert-OH is 4. The smallest absolute Gasteiger partial charge is 0.181 e. The fraction of sp³-hybridized carbons (Fsp3) is 0.737. The zero-order valence-corrected chi connectivity index (χ0v) is 16.8. The summed E-state index contributed by atoms with van der Waals surface area (Å²) in [7, 11) is 0. The third-order valence-electron chi connectivity index (χ3n) is 5.87. The Morgan fingerprint density at radius 1 is 1.24 bits per heavy atom. The van der Waals surface area contributed by atoms with Gasteiger partial charge < -0.3 is 30.9 Å². The average Bonchev–Trinajstić information content (AvgIpc) is 3.24. The predicted molar refractivity (Wildman–Crippen MR) is 106 cm³/mol.